The first-order valence-corrected chi connectivity index (χ1v) is 4.54. The molecule has 0 aromatic carbocycles. The lowest BCUT2D eigenvalue weighted by Crippen LogP contribution is -2.15. The Bertz CT molecular complexity index is 107. The Morgan fingerprint density at radius 2 is 2.10 bits per heavy atom. The van der Waals surface area contributed by atoms with Crippen molar-refractivity contribution >= 4 is 43.9 Å². The Morgan fingerprint density at radius 1 is 1.50 bits per heavy atom. The molecular formula is C5H10O2S3. The minimum Gasteiger partial charge on any atom is -0.464 e. The van der Waals surface area contributed by atoms with Gasteiger partial charge in [0.05, 0.1) is 5.75 Å². The molecule has 0 saturated carbocycles. The van der Waals surface area contributed by atoms with Crippen molar-refractivity contribution in [2.24, 2.45) is 0 Å². The maximum absolute atomic E-state index is 10.5. The van der Waals surface area contributed by atoms with Crippen molar-refractivity contribution in [2.45, 2.75) is 5.25 Å². The van der Waals surface area contributed by atoms with Gasteiger partial charge in [-0.15, -0.1) is 0 Å². The van der Waals surface area contributed by atoms with Crippen molar-refractivity contribution in [3.8, 4) is 0 Å². The number of hydrogen-bond donors (Lipinski definition) is 3. The van der Waals surface area contributed by atoms with Gasteiger partial charge in [0.15, 0.2) is 0 Å². The number of esters is 1. The minimum atomic E-state index is -0.316. The summed E-state index contributed by atoms with van der Waals surface area (Å²) in [4.78, 5) is 10.5. The molecule has 1 atom stereocenters. The van der Waals surface area contributed by atoms with Crippen LogP contribution in [-0.4, -0.2) is 29.3 Å². The molecule has 0 aromatic rings. The molecule has 0 aliphatic carbocycles. The van der Waals surface area contributed by atoms with E-state index in [1.54, 1.807) is 0 Å². The fraction of sp³-hybridized carbons (Fsp3) is 0.800. The van der Waals surface area contributed by atoms with E-state index in [4.69, 9.17) is 4.74 Å². The standard InChI is InChI=1S/C5H10O2S3/c6-5(3-9)7-1-4(10)2-8/h4,8-10H,1-3H2. The number of carbonyl (C=O) groups is 1. The molecule has 0 fully saturated rings. The summed E-state index contributed by atoms with van der Waals surface area (Å²) in [5.74, 6) is 0.403. The molecule has 0 bridgehead atoms. The predicted molar refractivity (Wildman–Crippen MR) is 51.4 cm³/mol. The smallest absolute Gasteiger partial charge is 0.315 e. The zero-order chi connectivity index (χ0) is 7.98. The zero-order valence-electron chi connectivity index (χ0n) is 5.36. The summed E-state index contributed by atoms with van der Waals surface area (Å²) in [7, 11) is 0. The van der Waals surface area contributed by atoms with Crippen molar-refractivity contribution in [3.63, 3.8) is 0 Å². The van der Waals surface area contributed by atoms with Gasteiger partial charge in [-0.3, -0.25) is 4.79 Å². The summed E-state index contributed by atoms with van der Waals surface area (Å²) >= 11 is 11.8. The first-order chi connectivity index (χ1) is 4.70. The molecule has 0 spiro atoms. The summed E-state index contributed by atoms with van der Waals surface area (Å²) < 4.78 is 4.70. The van der Waals surface area contributed by atoms with Gasteiger partial charge in [-0.2, -0.15) is 37.9 Å². The maximum Gasteiger partial charge on any atom is 0.315 e. The second kappa shape index (κ2) is 6.24. The molecule has 2 nitrogen and oxygen atoms in total. The Balaban J connectivity index is 3.26. The number of carbonyl (C=O) groups excluding carboxylic acids is 1. The summed E-state index contributed by atoms with van der Waals surface area (Å²) in [5.41, 5.74) is 0. The predicted octanol–water partition coefficient (Wildman–Crippen LogP) is 0.688. The number of thiol groups is 3. The van der Waals surface area contributed by atoms with Crippen molar-refractivity contribution in [1.29, 1.82) is 0 Å². The normalized spacial score (nSPS) is 12.7. The third-order valence-electron chi connectivity index (χ3n) is 0.777. The van der Waals surface area contributed by atoms with Crippen LogP contribution in [0.3, 0.4) is 0 Å². The fourth-order valence-electron chi connectivity index (χ4n) is 0.287. The lowest BCUT2D eigenvalue weighted by Gasteiger charge is -2.06. The average Bonchev–Trinajstić information content (AvgIpc) is 1.99. The van der Waals surface area contributed by atoms with Gasteiger partial charge in [-0.05, 0) is 0 Å². The van der Waals surface area contributed by atoms with Gasteiger partial charge in [0.2, 0.25) is 0 Å². The van der Waals surface area contributed by atoms with Crippen molar-refractivity contribution < 1.29 is 9.53 Å². The van der Waals surface area contributed by atoms with Crippen LogP contribution in [0.25, 0.3) is 0 Å². The third-order valence-corrected chi connectivity index (χ3v) is 2.10. The van der Waals surface area contributed by atoms with Crippen LogP contribution in [0.1, 0.15) is 0 Å². The van der Waals surface area contributed by atoms with Crippen LogP contribution in [-0.2, 0) is 9.53 Å². The maximum atomic E-state index is 10.5. The molecule has 0 radical (unpaired) electrons. The van der Waals surface area contributed by atoms with Crippen molar-refractivity contribution in [3.05, 3.63) is 0 Å². The molecule has 1 unspecified atom stereocenters. The molecule has 0 saturated heterocycles. The summed E-state index contributed by atoms with van der Waals surface area (Å²) in [6, 6.07) is 0. The first kappa shape index (κ1) is 10.5. The Labute approximate surface area is 76.9 Å². The number of hydrogen-bond acceptors (Lipinski definition) is 5. The summed E-state index contributed by atoms with van der Waals surface area (Å²) in [5, 5.41) is 0.0205. The molecule has 0 rings (SSSR count). The molecule has 5 heteroatoms. The topological polar surface area (TPSA) is 26.3 Å². The number of rotatable bonds is 4. The minimum absolute atomic E-state index is 0.0205. The van der Waals surface area contributed by atoms with Crippen LogP contribution in [0, 0.1) is 0 Å². The highest BCUT2D eigenvalue weighted by molar-refractivity contribution is 7.84. The molecule has 0 aromatic heterocycles. The van der Waals surface area contributed by atoms with Crippen LogP contribution in [0.4, 0.5) is 0 Å². The van der Waals surface area contributed by atoms with Crippen LogP contribution in [0.15, 0.2) is 0 Å². The molecule has 60 valence electrons. The van der Waals surface area contributed by atoms with E-state index in [0.29, 0.717) is 12.4 Å². The summed E-state index contributed by atoms with van der Waals surface area (Å²) in [6.07, 6.45) is 0. The van der Waals surface area contributed by atoms with Crippen molar-refractivity contribution in [1.82, 2.24) is 0 Å². The van der Waals surface area contributed by atoms with E-state index >= 15 is 0 Å². The van der Waals surface area contributed by atoms with Gasteiger partial charge in [-0.25, -0.2) is 0 Å². The van der Waals surface area contributed by atoms with Crippen LogP contribution in [0.5, 0.6) is 0 Å². The SMILES string of the molecule is O=C(CS)OCC(S)CS. The highest BCUT2D eigenvalue weighted by Crippen LogP contribution is 1.98. The first-order valence-electron chi connectivity index (χ1n) is 2.76. The van der Waals surface area contributed by atoms with Crippen molar-refractivity contribution in [2.75, 3.05) is 18.1 Å². The van der Waals surface area contributed by atoms with Gasteiger partial charge in [0.25, 0.3) is 0 Å². The quantitative estimate of drug-likeness (QED) is 0.458. The van der Waals surface area contributed by atoms with E-state index in [2.05, 4.69) is 37.9 Å². The largest absolute Gasteiger partial charge is 0.464 e. The van der Waals surface area contributed by atoms with Gasteiger partial charge >= 0.3 is 5.97 Å². The van der Waals surface area contributed by atoms with E-state index in [9.17, 15) is 4.79 Å². The highest BCUT2D eigenvalue weighted by atomic mass is 32.1. The van der Waals surface area contributed by atoms with E-state index in [1.807, 2.05) is 0 Å². The van der Waals surface area contributed by atoms with Crippen LogP contribution >= 0.6 is 37.9 Å². The number of ether oxygens (including phenoxy) is 1. The lowest BCUT2D eigenvalue weighted by molar-refractivity contribution is -0.140. The molecule has 0 N–H and O–H groups in total. The highest BCUT2D eigenvalue weighted by Gasteiger charge is 2.03. The van der Waals surface area contributed by atoms with Gasteiger partial charge in [0.1, 0.15) is 6.61 Å². The second-order valence-corrected chi connectivity index (χ2v) is 3.09. The molecule has 10 heavy (non-hydrogen) atoms. The monoisotopic (exact) mass is 198 g/mol. The average molecular weight is 198 g/mol. The van der Waals surface area contributed by atoms with E-state index in [0.717, 1.165) is 0 Å². The Hall–Kier alpha value is 0.520. The molecular weight excluding hydrogens is 188 g/mol. The third kappa shape index (κ3) is 5.32. The Kier molecular flexibility index (Phi) is 6.57. The molecule has 0 heterocycles. The zero-order valence-corrected chi connectivity index (χ0v) is 8.04. The second-order valence-electron chi connectivity index (χ2n) is 1.68. The van der Waals surface area contributed by atoms with E-state index in [-0.39, 0.29) is 17.0 Å². The molecule has 0 aliphatic rings. The van der Waals surface area contributed by atoms with Gasteiger partial charge in [-0.1, -0.05) is 0 Å². The molecule has 0 aliphatic heterocycles. The van der Waals surface area contributed by atoms with E-state index in [1.165, 1.54) is 0 Å². The fourth-order valence-corrected chi connectivity index (χ4v) is 0.559. The molecule has 0 amide bonds. The Morgan fingerprint density at radius 3 is 2.50 bits per heavy atom. The van der Waals surface area contributed by atoms with E-state index < -0.39 is 0 Å². The van der Waals surface area contributed by atoms with Gasteiger partial charge in [0, 0.05) is 11.0 Å². The lowest BCUT2D eigenvalue weighted by atomic mass is 10.5. The van der Waals surface area contributed by atoms with Gasteiger partial charge < -0.3 is 4.74 Å². The summed E-state index contributed by atoms with van der Waals surface area (Å²) in [6.45, 7) is 0.312. The van der Waals surface area contributed by atoms with Crippen LogP contribution < -0.4 is 0 Å². The van der Waals surface area contributed by atoms with Crippen LogP contribution in [0.2, 0.25) is 0 Å².